The maximum Gasteiger partial charge on any atom is 0.237 e. The number of nitrogens with zero attached hydrogens (tertiary/aromatic N) is 2. The molecule has 0 bridgehead atoms. The Morgan fingerprint density at radius 3 is 2.43 bits per heavy atom. The SMILES string of the molecule is COc1ccc(OC)c(-c2cc(-c3ccccc3)nc(SC(C)C(=O)Nc3cccc(C)c3)c2C#N)c1. The van der Waals surface area contributed by atoms with Crippen molar-refractivity contribution in [3.63, 3.8) is 0 Å². The molecule has 7 heteroatoms. The van der Waals surface area contributed by atoms with E-state index < -0.39 is 5.25 Å². The van der Waals surface area contributed by atoms with Gasteiger partial charge in [0.05, 0.1) is 30.7 Å². The number of pyridine rings is 1. The van der Waals surface area contributed by atoms with Gasteiger partial charge in [-0.25, -0.2) is 4.98 Å². The quantitative estimate of drug-likeness (QED) is 0.265. The molecular formula is C30H27N3O3S. The Morgan fingerprint density at radius 2 is 1.76 bits per heavy atom. The molecule has 0 aliphatic heterocycles. The zero-order chi connectivity index (χ0) is 26.4. The second kappa shape index (κ2) is 11.6. The van der Waals surface area contributed by atoms with Crippen molar-refractivity contribution in [2.45, 2.75) is 24.1 Å². The summed E-state index contributed by atoms with van der Waals surface area (Å²) < 4.78 is 11.1. The zero-order valence-corrected chi connectivity index (χ0v) is 21.9. The van der Waals surface area contributed by atoms with Crippen LogP contribution in [0.3, 0.4) is 0 Å². The molecule has 186 valence electrons. The number of hydrogen-bond acceptors (Lipinski definition) is 6. The molecule has 4 aromatic rings. The van der Waals surface area contributed by atoms with Gasteiger partial charge in [0.25, 0.3) is 0 Å². The lowest BCUT2D eigenvalue weighted by atomic mass is 9.98. The van der Waals surface area contributed by atoms with E-state index in [1.165, 1.54) is 11.8 Å². The third kappa shape index (κ3) is 5.93. The number of carbonyl (C=O) groups is 1. The van der Waals surface area contributed by atoms with Crippen LogP contribution < -0.4 is 14.8 Å². The van der Waals surface area contributed by atoms with E-state index in [9.17, 15) is 10.1 Å². The first-order chi connectivity index (χ1) is 17.9. The van der Waals surface area contributed by atoms with Gasteiger partial charge in [-0.15, -0.1) is 0 Å². The lowest BCUT2D eigenvalue weighted by Crippen LogP contribution is -2.22. The Balaban J connectivity index is 1.80. The largest absolute Gasteiger partial charge is 0.497 e. The molecule has 1 heterocycles. The Morgan fingerprint density at radius 1 is 0.973 bits per heavy atom. The Bertz CT molecular complexity index is 1470. The number of nitriles is 1. The topological polar surface area (TPSA) is 84.2 Å². The van der Waals surface area contributed by atoms with Crippen LogP contribution in [0.1, 0.15) is 18.1 Å². The molecule has 3 aromatic carbocycles. The number of aryl methyl sites for hydroxylation is 1. The van der Waals surface area contributed by atoms with Gasteiger partial charge in [0.15, 0.2) is 0 Å². The van der Waals surface area contributed by atoms with Crippen LogP contribution in [-0.4, -0.2) is 30.4 Å². The van der Waals surface area contributed by atoms with Gasteiger partial charge in [-0.2, -0.15) is 5.26 Å². The van der Waals surface area contributed by atoms with Crippen LogP contribution in [0.15, 0.2) is 83.9 Å². The first-order valence-electron chi connectivity index (χ1n) is 11.7. The van der Waals surface area contributed by atoms with Crippen LogP contribution in [0.5, 0.6) is 11.5 Å². The van der Waals surface area contributed by atoms with Crippen LogP contribution in [-0.2, 0) is 4.79 Å². The van der Waals surface area contributed by atoms with Crippen molar-refractivity contribution in [2.24, 2.45) is 0 Å². The molecule has 0 spiro atoms. The second-order valence-electron chi connectivity index (χ2n) is 8.40. The van der Waals surface area contributed by atoms with E-state index in [4.69, 9.17) is 14.5 Å². The summed E-state index contributed by atoms with van der Waals surface area (Å²) in [7, 11) is 3.18. The van der Waals surface area contributed by atoms with Gasteiger partial charge < -0.3 is 14.8 Å². The number of methoxy groups -OCH3 is 2. The number of aromatic nitrogens is 1. The van der Waals surface area contributed by atoms with Crippen LogP contribution in [0.4, 0.5) is 5.69 Å². The molecule has 0 fully saturated rings. The molecule has 1 atom stereocenters. The monoisotopic (exact) mass is 509 g/mol. The fourth-order valence-electron chi connectivity index (χ4n) is 3.90. The lowest BCUT2D eigenvalue weighted by Gasteiger charge is -2.17. The molecule has 0 aliphatic rings. The number of anilines is 1. The molecular weight excluding hydrogens is 482 g/mol. The summed E-state index contributed by atoms with van der Waals surface area (Å²) in [6.07, 6.45) is 0. The van der Waals surface area contributed by atoms with E-state index in [-0.39, 0.29) is 5.91 Å². The van der Waals surface area contributed by atoms with E-state index in [1.807, 2.05) is 79.7 Å². The fraction of sp³-hybridized carbons (Fsp3) is 0.167. The Labute approximate surface area is 221 Å². The molecule has 1 aromatic heterocycles. The zero-order valence-electron chi connectivity index (χ0n) is 21.1. The summed E-state index contributed by atoms with van der Waals surface area (Å²) in [5, 5.41) is 13.2. The molecule has 0 saturated carbocycles. The van der Waals surface area contributed by atoms with Gasteiger partial charge in [-0.1, -0.05) is 54.2 Å². The van der Waals surface area contributed by atoms with E-state index >= 15 is 0 Å². The van der Waals surface area contributed by atoms with E-state index in [0.717, 1.165) is 16.8 Å². The average molecular weight is 510 g/mol. The average Bonchev–Trinajstić information content (AvgIpc) is 2.92. The number of amides is 1. The third-order valence-electron chi connectivity index (χ3n) is 5.81. The maximum atomic E-state index is 13.0. The van der Waals surface area contributed by atoms with E-state index in [2.05, 4.69) is 11.4 Å². The van der Waals surface area contributed by atoms with Crippen molar-refractivity contribution >= 4 is 23.4 Å². The molecule has 1 N–H and O–H groups in total. The first-order valence-corrected chi connectivity index (χ1v) is 12.6. The molecule has 4 rings (SSSR count). The number of ether oxygens (including phenoxy) is 2. The molecule has 0 saturated heterocycles. The number of rotatable bonds is 8. The molecule has 1 amide bonds. The van der Waals surface area contributed by atoms with Crippen molar-refractivity contribution < 1.29 is 14.3 Å². The van der Waals surface area contributed by atoms with Crippen LogP contribution in [0.25, 0.3) is 22.4 Å². The van der Waals surface area contributed by atoms with Gasteiger partial charge >= 0.3 is 0 Å². The Kier molecular flexibility index (Phi) is 8.11. The normalized spacial score (nSPS) is 11.3. The highest BCUT2D eigenvalue weighted by Gasteiger charge is 2.23. The predicted octanol–water partition coefficient (Wildman–Crippen LogP) is 6.73. The molecule has 1 unspecified atom stereocenters. The van der Waals surface area contributed by atoms with Gasteiger partial charge in [-0.3, -0.25) is 4.79 Å². The van der Waals surface area contributed by atoms with Crippen LogP contribution in [0, 0.1) is 18.3 Å². The maximum absolute atomic E-state index is 13.0. The highest BCUT2D eigenvalue weighted by molar-refractivity contribution is 8.00. The minimum Gasteiger partial charge on any atom is -0.497 e. The van der Waals surface area contributed by atoms with Crippen molar-refractivity contribution in [3.05, 3.63) is 90.0 Å². The Hall–Kier alpha value is -4.28. The van der Waals surface area contributed by atoms with Crippen molar-refractivity contribution in [2.75, 3.05) is 19.5 Å². The van der Waals surface area contributed by atoms with Gasteiger partial charge in [0.2, 0.25) is 5.91 Å². The number of nitrogens with one attached hydrogen (secondary N) is 1. The highest BCUT2D eigenvalue weighted by atomic mass is 32.2. The summed E-state index contributed by atoms with van der Waals surface area (Å²) in [5.74, 6) is 1.06. The molecule has 0 radical (unpaired) electrons. The van der Waals surface area contributed by atoms with Crippen LogP contribution >= 0.6 is 11.8 Å². The van der Waals surface area contributed by atoms with Gasteiger partial charge in [-0.05, 0) is 55.8 Å². The van der Waals surface area contributed by atoms with Crippen molar-refractivity contribution in [1.29, 1.82) is 5.26 Å². The molecule has 6 nitrogen and oxygen atoms in total. The number of carbonyl (C=O) groups excluding carboxylic acids is 1. The van der Waals surface area contributed by atoms with E-state index in [0.29, 0.717) is 38.9 Å². The third-order valence-corrected chi connectivity index (χ3v) is 6.89. The molecule has 37 heavy (non-hydrogen) atoms. The fourth-order valence-corrected chi connectivity index (χ4v) is 4.82. The minimum atomic E-state index is -0.508. The highest BCUT2D eigenvalue weighted by Crippen LogP contribution is 2.40. The number of hydrogen-bond donors (Lipinski definition) is 1. The van der Waals surface area contributed by atoms with Gasteiger partial charge in [0, 0.05) is 22.4 Å². The minimum absolute atomic E-state index is 0.174. The molecule has 0 aliphatic carbocycles. The smallest absolute Gasteiger partial charge is 0.237 e. The second-order valence-corrected chi connectivity index (χ2v) is 9.73. The van der Waals surface area contributed by atoms with Crippen molar-refractivity contribution in [3.8, 4) is 40.0 Å². The first kappa shape index (κ1) is 25.8. The summed E-state index contributed by atoms with van der Waals surface area (Å²) in [6, 6.07) is 27.0. The number of thioether (sulfide) groups is 1. The van der Waals surface area contributed by atoms with Crippen LogP contribution in [0.2, 0.25) is 0 Å². The summed E-state index contributed by atoms with van der Waals surface area (Å²) >= 11 is 1.25. The predicted molar refractivity (Wildman–Crippen MR) is 148 cm³/mol. The summed E-state index contributed by atoms with van der Waals surface area (Å²) in [5.41, 5.74) is 5.09. The van der Waals surface area contributed by atoms with Gasteiger partial charge in [0.1, 0.15) is 22.6 Å². The summed E-state index contributed by atoms with van der Waals surface area (Å²) in [4.78, 5) is 17.9. The standard InChI is InChI=1S/C30H27N3O3S/c1-19-9-8-12-22(15-19)32-29(34)20(2)37-30-26(18-31)24(17-27(33-30)21-10-6-5-7-11-21)25-16-23(35-3)13-14-28(25)36-4/h5-17,20H,1-4H3,(H,32,34). The number of benzene rings is 3. The lowest BCUT2D eigenvalue weighted by molar-refractivity contribution is -0.115. The van der Waals surface area contributed by atoms with E-state index in [1.54, 1.807) is 27.2 Å². The van der Waals surface area contributed by atoms with Crippen molar-refractivity contribution in [1.82, 2.24) is 4.98 Å². The summed E-state index contributed by atoms with van der Waals surface area (Å²) in [6.45, 7) is 3.78.